The SMILES string of the molecule is CCOC(=O)c1c(NC(=O)/C=C/c2cccs2)sc(C(=O)N(C)C)c1C. The zero-order valence-electron chi connectivity index (χ0n) is 15.0. The van der Waals surface area contributed by atoms with Crippen molar-refractivity contribution in [3.8, 4) is 0 Å². The van der Waals surface area contributed by atoms with Gasteiger partial charge in [-0.2, -0.15) is 0 Å². The molecule has 0 atom stereocenters. The fourth-order valence-electron chi connectivity index (χ4n) is 2.16. The second-order valence-electron chi connectivity index (χ2n) is 5.52. The first-order chi connectivity index (χ1) is 12.3. The molecule has 2 heterocycles. The van der Waals surface area contributed by atoms with E-state index in [0.717, 1.165) is 16.2 Å². The maximum absolute atomic E-state index is 12.3. The summed E-state index contributed by atoms with van der Waals surface area (Å²) < 4.78 is 5.08. The first-order valence-electron chi connectivity index (χ1n) is 7.89. The van der Waals surface area contributed by atoms with E-state index in [4.69, 9.17) is 4.74 Å². The number of thiophene rings is 2. The van der Waals surface area contributed by atoms with Gasteiger partial charge >= 0.3 is 5.97 Å². The van der Waals surface area contributed by atoms with Gasteiger partial charge in [0.25, 0.3) is 5.91 Å². The van der Waals surface area contributed by atoms with Crippen molar-refractivity contribution in [1.82, 2.24) is 4.90 Å². The van der Waals surface area contributed by atoms with E-state index in [9.17, 15) is 14.4 Å². The van der Waals surface area contributed by atoms with Crippen LogP contribution in [-0.2, 0) is 9.53 Å². The predicted molar refractivity (Wildman–Crippen MR) is 105 cm³/mol. The lowest BCUT2D eigenvalue weighted by atomic mass is 10.1. The minimum Gasteiger partial charge on any atom is -0.462 e. The van der Waals surface area contributed by atoms with Gasteiger partial charge in [0.05, 0.1) is 17.0 Å². The van der Waals surface area contributed by atoms with E-state index in [1.165, 1.54) is 22.3 Å². The first kappa shape index (κ1) is 19.9. The van der Waals surface area contributed by atoms with Gasteiger partial charge in [-0.05, 0) is 36.9 Å². The first-order valence-corrected chi connectivity index (χ1v) is 9.59. The topological polar surface area (TPSA) is 75.7 Å². The monoisotopic (exact) mass is 392 g/mol. The number of carbonyl (C=O) groups is 3. The molecule has 2 aromatic heterocycles. The van der Waals surface area contributed by atoms with Crippen LogP contribution in [0.25, 0.3) is 6.08 Å². The molecule has 26 heavy (non-hydrogen) atoms. The van der Waals surface area contributed by atoms with Crippen LogP contribution in [0.1, 0.15) is 37.4 Å². The number of rotatable bonds is 6. The Morgan fingerprint density at radius 2 is 2.04 bits per heavy atom. The number of anilines is 1. The molecule has 138 valence electrons. The molecule has 2 aromatic rings. The quantitative estimate of drug-likeness (QED) is 0.601. The molecule has 0 aromatic carbocycles. The van der Waals surface area contributed by atoms with Crippen molar-refractivity contribution < 1.29 is 19.1 Å². The molecule has 0 saturated carbocycles. The Labute approximate surface area is 160 Å². The Morgan fingerprint density at radius 1 is 1.31 bits per heavy atom. The van der Waals surface area contributed by atoms with Crippen LogP contribution < -0.4 is 5.32 Å². The Hall–Kier alpha value is -2.45. The normalized spacial score (nSPS) is 10.8. The lowest BCUT2D eigenvalue weighted by molar-refractivity contribution is -0.111. The number of esters is 1. The van der Waals surface area contributed by atoms with Crippen molar-refractivity contribution in [1.29, 1.82) is 0 Å². The van der Waals surface area contributed by atoms with Gasteiger partial charge in [0.1, 0.15) is 5.00 Å². The summed E-state index contributed by atoms with van der Waals surface area (Å²) in [4.78, 5) is 39.6. The Kier molecular flexibility index (Phi) is 6.70. The van der Waals surface area contributed by atoms with Crippen molar-refractivity contribution in [2.75, 3.05) is 26.0 Å². The van der Waals surface area contributed by atoms with Crippen LogP contribution in [0.15, 0.2) is 23.6 Å². The fourth-order valence-corrected chi connectivity index (χ4v) is 3.99. The van der Waals surface area contributed by atoms with Crippen molar-refractivity contribution in [3.05, 3.63) is 44.5 Å². The minimum absolute atomic E-state index is 0.205. The molecule has 0 bridgehead atoms. The van der Waals surface area contributed by atoms with E-state index >= 15 is 0 Å². The third kappa shape index (κ3) is 4.59. The molecule has 2 amide bonds. The molecule has 0 radical (unpaired) electrons. The highest BCUT2D eigenvalue weighted by Gasteiger charge is 2.26. The molecular weight excluding hydrogens is 372 g/mol. The van der Waals surface area contributed by atoms with Crippen LogP contribution in [0, 0.1) is 6.92 Å². The highest BCUT2D eigenvalue weighted by Crippen LogP contribution is 2.34. The molecule has 1 N–H and O–H groups in total. The summed E-state index contributed by atoms with van der Waals surface area (Å²) in [6.45, 7) is 3.58. The molecule has 0 aliphatic rings. The van der Waals surface area contributed by atoms with Gasteiger partial charge in [0.2, 0.25) is 5.91 Å². The third-order valence-electron chi connectivity index (χ3n) is 3.41. The summed E-state index contributed by atoms with van der Waals surface area (Å²) in [6, 6.07) is 3.78. The molecule has 0 fully saturated rings. The fraction of sp³-hybridized carbons (Fsp3) is 0.278. The van der Waals surface area contributed by atoms with Crippen molar-refractivity contribution in [3.63, 3.8) is 0 Å². The Balaban J connectivity index is 2.33. The average molecular weight is 393 g/mol. The summed E-state index contributed by atoms with van der Waals surface area (Å²) >= 11 is 2.58. The van der Waals surface area contributed by atoms with Gasteiger partial charge in [-0.3, -0.25) is 9.59 Å². The summed E-state index contributed by atoms with van der Waals surface area (Å²) in [5, 5.41) is 4.92. The molecule has 0 unspecified atom stereocenters. The van der Waals surface area contributed by atoms with Crippen LogP contribution in [0.3, 0.4) is 0 Å². The number of carbonyl (C=O) groups excluding carboxylic acids is 3. The highest BCUT2D eigenvalue weighted by atomic mass is 32.1. The van der Waals surface area contributed by atoms with Gasteiger partial charge < -0.3 is 15.0 Å². The van der Waals surface area contributed by atoms with Crippen molar-refractivity contribution >= 4 is 51.5 Å². The molecule has 0 spiro atoms. The molecule has 8 heteroatoms. The van der Waals surface area contributed by atoms with Crippen molar-refractivity contribution in [2.24, 2.45) is 0 Å². The van der Waals surface area contributed by atoms with E-state index in [1.54, 1.807) is 34.0 Å². The minimum atomic E-state index is -0.559. The lowest BCUT2D eigenvalue weighted by Gasteiger charge is -2.09. The lowest BCUT2D eigenvalue weighted by Crippen LogP contribution is -2.21. The second-order valence-corrected chi connectivity index (χ2v) is 7.52. The van der Waals surface area contributed by atoms with Crippen molar-refractivity contribution in [2.45, 2.75) is 13.8 Å². The average Bonchev–Trinajstić information content (AvgIpc) is 3.20. The summed E-state index contributed by atoms with van der Waals surface area (Å²) in [5.41, 5.74) is 0.726. The van der Waals surface area contributed by atoms with E-state index in [0.29, 0.717) is 15.4 Å². The number of nitrogens with zero attached hydrogens (tertiary/aromatic N) is 1. The standard InChI is InChI=1S/C18H20N2O4S2/c1-5-24-18(23)14-11(2)15(17(22)20(3)4)26-16(14)19-13(21)9-8-12-7-6-10-25-12/h6-10H,5H2,1-4H3,(H,19,21)/b9-8+. The number of hydrogen-bond acceptors (Lipinski definition) is 6. The molecule has 0 aliphatic carbocycles. The second kappa shape index (κ2) is 8.77. The van der Waals surface area contributed by atoms with Crippen LogP contribution >= 0.6 is 22.7 Å². The van der Waals surface area contributed by atoms with Crippen LogP contribution in [0.2, 0.25) is 0 Å². The third-order valence-corrected chi connectivity index (χ3v) is 5.44. The predicted octanol–water partition coefficient (Wildman–Crippen LogP) is 3.65. The van der Waals surface area contributed by atoms with E-state index in [-0.39, 0.29) is 24.0 Å². The highest BCUT2D eigenvalue weighted by molar-refractivity contribution is 7.18. The zero-order valence-corrected chi connectivity index (χ0v) is 16.6. The molecular formula is C18H20N2O4S2. The number of ether oxygens (including phenoxy) is 1. The van der Waals surface area contributed by atoms with Gasteiger partial charge in [-0.1, -0.05) is 6.07 Å². The number of hydrogen-bond donors (Lipinski definition) is 1. The number of amides is 2. The molecule has 0 saturated heterocycles. The molecule has 0 aliphatic heterocycles. The van der Waals surface area contributed by atoms with E-state index < -0.39 is 5.97 Å². The van der Waals surface area contributed by atoms with E-state index in [1.807, 2.05) is 17.5 Å². The van der Waals surface area contributed by atoms with Crippen LogP contribution in [0.5, 0.6) is 0 Å². The van der Waals surface area contributed by atoms with E-state index in [2.05, 4.69) is 5.32 Å². The molecule has 6 nitrogen and oxygen atoms in total. The largest absolute Gasteiger partial charge is 0.462 e. The summed E-state index contributed by atoms with van der Waals surface area (Å²) in [7, 11) is 3.26. The smallest absolute Gasteiger partial charge is 0.341 e. The van der Waals surface area contributed by atoms with Gasteiger partial charge in [0.15, 0.2) is 0 Å². The van der Waals surface area contributed by atoms with Gasteiger partial charge in [-0.25, -0.2) is 4.79 Å². The Bertz CT molecular complexity index is 836. The maximum atomic E-state index is 12.3. The van der Waals surface area contributed by atoms with Gasteiger partial charge in [0, 0.05) is 25.0 Å². The maximum Gasteiger partial charge on any atom is 0.341 e. The summed E-state index contributed by atoms with van der Waals surface area (Å²) in [6.07, 6.45) is 3.08. The number of nitrogens with one attached hydrogen (secondary N) is 1. The van der Waals surface area contributed by atoms with Crippen LogP contribution in [0.4, 0.5) is 5.00 Å². The molecule has 2 rings (SSSR count). The van der Waals surface area contributed by atoms with Crippen LogP contribution in [-0.4, -0.2) is 43.4 Å². The van der Waals surface area contributed by atoms with Gasteiger partial charge in [-0.15, -0.1) is 22.7 Å². The summed E-state index contributed by atoms with van der Waals surface area (Å²) in [5.74, 6) is -1.17. The zero-order chi connectivity index (χ0) is 19.3. The Morgan fingerprint density at radius 3 is 2.62 bits per heavy atom.